The van der Waals surface area contributed by atoms with Gasteiger partial charge in [0.1, 0.15) is 21.3 Å². The smallest absolute Gasteiger partial charge is 0.339 e. The minimum atomic E-state index is -3.97. The van der Waals surface area contributed by atoms with E-state index < -0.39 is 31.4 Å². The van der Waals surface area contributed by atoms with Crippen LogP contribution in [0.4, 0.5) is 0 Å². The Hall–Kier alpha value is -5.70. The zero-order valence-electron chi connectivity index (χ0n) is 43.7. The molecule has 6 fully saturated rings. The summed E-state index contributed by atoms with van der Waals surface area (Å²) in [6, 6.07) is 34.2. The molecule has 19 heteroatoms. The van der Waals surface area contributed by atoms with Crippen molar-refractivity contribution in [3.05, 3.63) is 155 Å². The third-order valence-electron chi connectivity index (χ3n) is 16.6. The second-order valence-electron chi connectivity index (χ2n) is 21.6. The van der Waals surface area contributed by atoms with Crippen molar-refractivity contribution in [2.45, 2.75) is 95.5 Å². The minimum absolute atomic E-state index is 0. The number of nitrogens with two attached hydrogens (primary N) is 1. The Morgan fingerprint density at radius 1 is 0.633 bits per heavy atom. The van der Waals surface area contributed by atoms with Crippen molar-refractivity contribution in [2.75, 3.05) is 13.2 Å². The molecule has 0 radical (unpaired) electrons. The number of rotatable bonds is 14. The molecule has 6 aliphatic rings. The number of amides is 1. The van der Waals surface area contributed by atoms with Crippen LogP contribution >= 0.6 is 34.3 Å². The Balaban J connectivity index is 0.000000171. The van der Waals surface area contributed by atoms with E-state index in [0.717, 1.165) is 34.6 Å². The number of aliphatic hydroxyl groups excluding tert-OH is 2. The first-order valence-electron chi connectivity index (χ1n) is 25.8. The maximum Gasteiger partial charge on any atom is 0.339 e. The van der Waals surface area contributed by atoms with Crippen molar-refractivity contribution in [3.63, 3.8) is 0 Å². The van der Waals surface area contributed by atoms with E-state index in [-0.39, 0.29) is 58.6 Å². The number of carboxylic acids is 1. The zero-order chi connectivity index (χ0) is 56.2. The lowest BCUT2D eigenvalue weighted by molar-refractivity contribution is -0.114. The number of carboxylic acid groups (broad SMARTS) is 1. The highest BCUT2D eigenvalue weighted by Gasteiger charge is 2.58. The summed E-state index contributed by atoms with van der Waals surface area (Å²) in [4.78, 5) is 35.1. The van der Waals surface area contributed by atoms with Crippen LogP contribution in [0.25, 0.3) is 20.2 Å². The van der Waals surface area contributed by atoms with Crippen LogP contribution in [0, 0.1) is 46.3 Å². The van der Waals surface area contributed by atoms with E-state index in [1.807, 2.05) is 5.38 Å². The summed E-state index contributed by atoms with van der Waals surface area (Å²) in [7, 11) is -7.88. The molecule has 6 aliphatic carbocycles. The quantitative estimate of drug-likeness (QED) is 0.0504. The van der Waals surface area contributed by atoms with Crippen LogP contribution in [-0.2, 0) is 20.2 Å². The van der Waals surface area contributed by atoms with Crippen LogP contribution in [0.15, 0.2) is 148 Å². The molecule has 7 aromatic rings. The first kappa shape index (κ1) is 60.9. The summed E-state index contributed by atoms with van der Waals surface area (Å²) in [5.74, 6) is 2.74. The molecule has 1 amide bonds. The Kier molecular flexibility index (Phi) is 19.6. The van der Waals surface area contributed by atoms with Gasteiger partial charge in [0.15, 0.2) is 0 Å². The number of carbonyl (C=O) groups excluding carboxylic acids is 2. The van der Waals surface area contributed by atoms with Crippen molar-refractivity contribution in [3.8, 4) is 11.5 Å². The molecule has 2 aromatic heterocycles. The fourth-order valence-corrected chi connectivity index (χ4v) is 15.8. The predicted molar refractivity (Wildman–Crippen MR) is 312 cm³/mol. The number of aliphatic hydroxyl groups is 2. The molecule has 5 aromatic carbocycles. The zero-order valence-corrected chi connectivity index (χ0v) is 47.7. The number of halogens is 1. The van der Waals surface area contributed by atoms with Gasteiger partial charge in [-0.25, -0.2) is 4.79 Å². The average molecular weight is 1170 g/mol. The number of fused-ring (bicyclic) bond motifs is 6. The second-order valence-corrected chi connectivity index (χ2v) is 26.8. The molecule has 6 N–H and O–H groups in total. The second kappa shape index (κ2) is 25.4. The Morgan fingerprint density at radius 2 is 1.06 bits per heavy atom. The number of hydrogen-bond acceptors (Lipinski definition) is 14. The highest BCUT2D eigenvalue weighted by atomic mass is 35.5. The van der Waals surface area contributed by atoms with Crippen molar-refractivity contribution < 1.29 is 54.9 Å². The van der Waals surface area contributed by atoms with Crippen LogP contribution in [0.3, 0.4) is 0 Å². The van der Waals surface area contributed by atoms with Gasteiger partial charge in [-0.15, -0.1) is 22.7 Å². The van der Waals surface area contributed by atoms with Crippen molar-refractivity contribution in [1.82, 2.24) is 5.32 Å². The number of nitrogens with one attached hydrogen (secondary N) is 1. The minimum Gasteiger partial charge on any atom is -0.478 e. The first-order chi connectivity index (χ1) is 37.0. The van der Waals surface area contributed by atoms with Crippen LogP contribution in [0.5, 0.6) is 11.5 Å². The lowest BCUT2D eigenvalue weighted by Gasteiger charge is -2.62. The monoisotopic (exact) mass is 1170 g/mol. The Labute approximate surface area is 476 Å². The van der Waals surface area contributed by atoms with Gasteiger partial charge in [0, 0.05) is 56.2 Å². The molecule has 13 rings (SSSR count). The molecule has 6 saturated carbocycles. The number of carbonyl (C=O) groups is 3. The standard InChI is InChI=1S/C26H29NO5S2.C15H9ClO4S2.C11H21NO.C7H6O2.CH4/c1-26(2)17-12-16(10-11-28)24(22(26)13-17)27-25(29)21-15-33-23-9-8-18(14-20(21)23)32-34(30,31)19-6-4-3-5-7-19;16-15(17)13-9-21-14-7-6-10(8-12(13)14)20-22(18,19)11-4-2-1-3-5-11;1-11(2)8-5-7(3-4-13)10(12)9(11)6-8;8-7(9)6-4-2-1-3-5-6;/h3-9,14-17,22,24,28H,10-13H2,1-2H3,(H,27,29);1-9H;7-10,13H,3-6,12H2,1-2H3;1-5H,(H,8,9);1H4/t16-,17-,22-,24+;;7-,8-,9-,10+;;/m0.0../s1. The summed E-state index contributed by atoms with van der Waals surface area (Å²) >= 11 is 8.31. The van der Waals surface area contributed by atoms with Gasteiger partial charge in [-0.3, -0.25) is 9.59 Å². The van der Waals surface area contributed by atoms with Gasteiger partial charge in [-0.2, -0.15) is 16.8 Å². The van der Waals surface area contributed by atoms with E-state index >= 15 is 0 Å². The van der Waals surface area contributed by atoms with Crippen molar-refractivity contribution in [1.29, 1.82) is 0 Å². The number of hydrogen-bond donors (Lipinski definition) is 5. The molecule has 14 nitrogen and oxygen atoms in total. The van der Waals surface area contributed by atoms with Gasteiger partial charge in [-0.05, 0) is 169 Å². The van der Waals surface area contributed by atoms with E-state index in [2.05, 4.69) is 33.0 Å². The van der Waals surface area contributed by atoms with Gasteiger partial charge in [0.25, 0.3) is 11.1 Å². The topological polar surface area (TPSA) is 237 Å². The molecular weight excluding hydrogens is 1100 g/mol. The van der Waals surface area contributed by atoms with Crippen LogP contribution in [0.2, 0.25) is 0 Å². The van der Waals surface area contributed by atoms with Crippen LogP contribution in [-0.4, -0.2) is 74.6 Å². The molecule has 0 aliphatic heterocycles. The molecule has 0 unspecified atom stereocenters. The molecule has 2 heterocycles. The lowest BCUT2D eigenvalue weighted by Crippen LogP contribution is -2.63. The third-order valence-corrected chi connectivity index (χ3v) is 21.2. The van der Waals surface area contributed by atoms with Crippen LogP contribution < -0.4 is 19.4 Å². The molecule has 79 heavy (non-hydrogen) atoms. The van der Waals surface area contributed by atoms with Crippen molar-refractivity contribution in [2.24, 2.45) is 52.1 Å². The SMILES string of the molecule is C.CC1(C)[C@H]2C[C@H](CCO)[C@@H](N)[C@@H]1C2.CC1(C)[C@H]2C[C@H](CCO)[C@@H](NC(=O)c3csc4ccc(OS(=O)(=O)c5ccccc5)cc34)[C@@H]1C2.O=C(Cl)c1csc2ccc(OS(=O)(=O)c3ccccc3)cc12.O=C(O)c1ccccc1. The largest absolute Gasteiger partial charge is 0.478 e. The lowest BCUT2D eigenvalue weighted by atomic mass is 9.44. The average Bonchev–Trinajstić information content (AvgIpc) is 4.23. The van der Waals surface area contributed by atoms with Gasteiger partial charge in [0.2, 0.25) is 0 Å². The maximum absolute atomic E-state index is 13.4. The Morgan fingerprint density at radius 3 is 1.49 bits per heavy atom. The summed E-state index contributed by atoms with van der Waals surface area (Å²) < 4.78 is 61.8. The molecule has 4 bridgehead atoms. The third kappa shape index (κ3) is 13.6. The normalized spacial score (nSPS) is 22.9. The highest BCUT2D eigenvalue weighted by molar-refractivity contribution is 7.87. The summed E-state index contributed by atoms with van der Waals surface area (Å²) in [6.45, 7) is 9.67. The number of thiophene rings is 2. The molecule has 0 spiro atoms. The van der Waals surface area contributed by atoms with E-state index in [0.29, 0.717) is 75.6 Å². The highest BCUT2D eigenvalue weighted by Crippen LogP contribution is 2.62. The van der Waals surface area contributed by atoms with Crippen LogP contribution in [0.1, 0.15) is 105 Å². The number of aromatic carboxylic acids is 1. The summed E-state index contributed by atoms with van der Waals surface area (Å²) in [6.07, 6.45) is 6.30. The fraction of sp³-hybridized carbons (Fsp3) is 0.383. The van der Waals surface area contributed by atoms with Crippen molar-refractivity contribution >= 4 is 91.8 Å². The molecule has 422 valence electrons. The van der Waals surface area contributed by atoms with Gasteiger partial charge in [0.05, 0.1) is 16.7 Å². The van der Waals surface area contributed by atoms with Gasteiger partial charge < -0.3 is 34.7 Å². The molecular formula is C60H69ClN2O12S4. The van der Waals surface area contributed by atoms with E-state index in [9.17, 15) is 36.3 Å². The fourth-order valence-electron chi connectivity index (χ4n) is 11.8. The summed E-state index contributed by atoms with van der Waals surface area (Å²) in [5, 5.41) is 34.2. The van der Waals surface area contributed by atoms with E-state index in [1.165, 1.54) is 65.8 Å². The number of benzene rings is 5. The molecule has 8 atom stereocenters. The predicted octanol–water partition coefficient (Wildman–Crippen LogP) is 12.3. The van der Waals surface area contributed by atoms with Gasteiger partial charge in [-0.1, -0.05) is 89.7 Å². The Bertz CT molecular complexity index is 3460. The first-order valence-corrected chi connectivity index (χ1v) is 30.8. The van der Waals surface area contributed by atoms with Gasteiger partial charge >= 0.3 is 26.2 Å². The molecule has 0 saturated heterocycles. The maximum atomic E-state index is 13.4. The summed E-state index contributed by atoms with van der Waals surface area (Å²) in [5.41, 5.74) is 8.06. The van der Waals surface area contributed by atoms with E-state index in [4.69, 9.17) is 35.9 Å². The van der Waals surface area contributed by atoms with E-state index in [1.54, 1.807) is 102 Å².